The first-order valence-electron chi connectivity index (χ1n) is 6.09. The topological polar surface area (TPSA) is 78.6 Å². The first-order valence-corrected chi connectivity index (χ1v) is 6.09. The number of hydrogen-bond acceptors (Lipinski definition) is 3. The highest BCUT2D eigenvalue weighted by molar-refractivity contribution is 6.09. The number of carbonyl (C=O) groups is 2. The minimum absolute atomic E-state index is 0.240. The van der Waals surface area contributed by atoms with Crippen LogP contribution in [0.15, 0.2) is 54.9 Å². The molecule has 0 aliphatic rings. The molecule has 0 saturated heterocycles. The lowest BCUT2D eigenvalue weighted by atomic mass is 10.1. The average Bonchev–Trinajstić information content (AvgIpc) is 3.18. The molecule has 0 aliphatic heterocycles. The van der Waals surface area contributed by atoms with E-state index in [1.807, 2.05) is 0 Å². The highest BCUT2D eigenvalue weighted by Crippen LogP contribution is 2.10. The van der Waals surface area contributed by atoms with Gasteiger partial charge in [-0.3, -0.25) is 9.59 Å². The maximum absolute atomic E-state index is 12.2. The maximum Gasteiger partial charge on any atom is 0.227 e. The quantitative estimate of drug-likeness (QED) is 0.710. The molecular formula is C15H11N3O2. The van der Waals surface area contributed by atoms with Crippen LogP contribution in [0.25, 0.3) is 0 Å². The SMILES string of the molecule is O=C(c1cccc(C(=O)c2ccc[nH]2)n1)c1ccc[nH]1. The van der Waals surface area contributed by atoms with E-state index in [1.165, 1.54) is 0 Å². The average molecular weight is 265 g/mol. The molecule has 0 fully saturated rings. The van der Waals surface area contributed by atoms with Crippen molar-refractivity contribution < 1.29 is 9.59 Å². The number of carbonyl (C=O) groups excluding carboxylic acids is 2. The predicted octanol–water partition coefficient (Wildman–Crippen LogP) is 2.20. The Bertz CT molecular complexity index is 682. The zero-order valence-corrected chi connectivity index (χ0v) is 10.5. The van der Waals surface area contributed by atoms with Gasteiger partial charge < -0.3 is 9.97 Å². The number of aromatic nitrogens is 3. The van der Waals surface area contributed by atoms with Crippen LogP contribution in [-0.4, -0.2) is 26.5 Å². The van der Waals surface area contributed by atoms with Crippen LogP contribution in [0.3, 0.4) is 0 Å². The summed E-state index contributed by atoms with van der Waals surface area (Å²) in [6.45, 7) is 0. The largest absolute Gasteiger partial charge is 0.358 e. The summed E-state index contributed by atoms with van der Waals surface area (Å²) in [6.07, 6.45) is 3.34. The Labute approximate surface area is 114 Å². The van der Waals surface area contributed by atoms with Gasteiger partial charge in [0.25, 0.3) is 0 Å². The lowest BCUT2D eigenvalue weighted by molar-refractivity contribution is 0.102. The number of H-pyrrole nitrogens is 2. The van der Waals surface area contributed by atoms with E-state index < -0.39 is 0 Å². The van der Waals surface area contributed by atoms with E-state index in [1.54, 1.807) is 54.9 Å². The van der Waals surface area contributed by atoms with E-state index in [0.29, 0.717) is 11.4 Å². The summed E-state index contributed by atoms with van der Waals surface area (Å²) in [5, 5.41) is 0. The van der Waals surface area contributed by atoms with E-state index in [0.717, 1.165) is 0 Å². The monoisotopic (exact) mass is 265 g/mol. The summed E-state index contributed by atoms with van der Waals surface area (Å²) < 4.78 is 0. The van der Waals surface area contributed by atoms with Gasteiger partial charge in [0, 0.05) is 12.4 Å². The molecule has 0 spiro atoms. The van der Waals surface area contributed by atoms with Crippen LogP contribution in [0, 0.1) is 0 Å². The van der Waals surface area contributed by atoms with Gasteiger partial charge in [-0.1, -0.05) is 6.07 Å². The number of ketones is 2. The summed E-state index contributed by atoms with van der Waals surface area (Å²) in [6, 6.07) is 11.7. The van der Waals surface area contributed by atoms with Gasteiger partial charge in [-0.25, -0.2) is 4.98 Å². The molecule has 3 aromatic heterocycles. The second-order valence-electron chi connectivity index (χ2n) is 4.23. The minimum atomic E-state index is -0.240. The molecule has 5 nitrogen and oxygen atoms in total. The smallest absolute Gasteiger partial charge is 0.227 e. The Morgan fingerprint density at radius 2 is 1.25 bits per heavy atom. The van der Waals surface area contributed by atoms with Crippen LogP contribution in [0.1, 0.15) is 32.4 Å². The number of nitrogens with one attached hydrogen (secondary N) is 2. The first-order chi connectivity index (χ1) is 9.75. The molecule has 0 atom stereocenters. The molecule has 0 saturated carbocycles. The van der Waals surface area contributed by atoms with Crippen LogP contribution in [0.5, 0.6) is 0 Å². The van der Waals surface area contributed by atoms with Crippen molar-refractivity contribution in [3.63, 3.8) is 0 Å². The molecule has 98 valence electrons. The van der Waals surface area contributed by atoms with Crippen LogP contribution in [0.4, 0.5) is 0 Å². The van der Waals surface area contributed by atoms with Crippen LogP contribution < -0.4 is 0 Å². The minimum Gasteiger partial charge on any atom is -0.358 e. The van der Waals surface area contributed by atoms with Crippen LogP contribution in [-0.2, 0) is 0 Å². The van der Waals surface area contributed by atoms with E-state index in [2.05, 4.69) is 15.0 Å². The standard InChI is InChI=1S/C15H11N3O2/c19-14(10-6-2-8-16-10)12-4-1-5-13(18-12)15(20)11-7-3-9-17-11/h1-9,16-17H. The number of aromatic amines is 2. The third kappa shape index (κ3) is 2.16. The molecule has 0 aromatic carbocycles. The second-order valence-corrected chi connectivity index (χ2v) is 4.23. The number of nitrogens with zero attached hydrogens (tertiary/aromatic N) is 1. The third-order valence-electron chi connectivity index (χ3n) is 2.90. The van der Waals surface area contributed by atoms with Gasteiger partial charge in [-0.2, -0.15) is 0 Å². The highest BCUT2D eigenvalue weighted by atomic mass is 16.1. The molecule has 5 heteroatoms. The second kappa shape index (κ2) is 4.97. The summed E-state index contributed by atoms with van der Waals surface area (Å²) in [5.74, 6) is -0.479. The molecule has 3 heterocycles. The van der Waals surface area contributed by atoms with Crippen molar-refractivity contribution in [1.82, 2.24) is 15.0 Å². The van der Waals surface area contributed by atoms with Crippen LogP contribution >= 0.6 is 0 Å². The van der Waals surface area contributed by atoms with Crippen molar-refractivity contribution in [2.45, 2.75) is 0 Å². The Hall–Kier alpha value is -2.95. The Kier molecular flexibility index (Phi) is 3.01. The van der Waals surface area contributed by atoms with Gasteiger partial charge in [0.2, 0.25) is 11.6 Å². The molecule has 20 heavy (non-hydrogen) atoms. The lowest BCUT2D eigenvalue weighted by Gasteiger charge is -2.01. The van der Waals surface area contributed by atoms with E-state index >= 15 is 0 Å². The molecule has 0 radical (unpaired) electrons. The van der Waals surface area contributed by atoms with E-state index in [-0.39, 0.29) is 23.0 Å². The van der Waals surface area contributed by atoms with Gasteiger partial charge >= 0.3 is 0 Å². The summed E-state index contributed by atoms with van der Waals surface area (Å²) >= 11 is 0. The van der Waals surface area contributed by atoms with Crippen LogP contribution in [0.2, 0.25) is 0 Å². The normalized spacial score (nSPS) is 10.4. The fraction of sp³-hybridized carbons (Fsp3) is 0. The molecule has 3 rings (SSSR count). The molecule has 0 unspecified atom stereocenters. The highest BCUT2D eigenvalue weighted by Gasteiger charge is 2.15. The number of rotatable bonds is 4. The van der Waals surface area contributed by atoms with Gasteiger partial charge in [-0.15, -0.1) is 0 Å². The molecule has 0 bridgehead atoms. The Morgan fingerprint density at radius 3 is 1.65 bits per heavy atom. The van der Waals surface area contributed by atoms with Gasteiger partial charge in [0.05, 0.1) is 11.4 Å². The summed E-state index contributed by atoms with van der Waals surface area (Å²) in [4.78, 5) is 34.1. The molecule has 0 amide bonds. The van der Waals surface area contributed by atoms with Gasteiger partial charge in [-0.05, 0) is 36.4 Å². The Morgan fingerprint density at radius 1 is 0.750 bits per heavy atom. The van der Waals surface area contributed by atoms with Gasteiger partial charge in [0.15, 0.2) is 0 Å². The van der Waals surface area contributed by atoms with Crippen molar-refractivity contribution in [1.29, 1.82) is 0 Å². The summed E-state index contributed by atoms with van der Waals surface area (Å²) in [5.41, 5.74) is 1.37. The number of hydrogen-bond donors (Lipinski definition) is 2. The van der Waals surface area contributed by atoms with Crippen molar-refractivity contribution in [2.24, 2.45) is 0 Å². The van der Waals surface area contributed by atoms with Crippen molar-refractivity contribution in [3.05, 3.63) is 77.6 Å². The summed E-state index contributed by atoms with van der Waals surface area (Å²) in [7, 11) is 0. The van der Waals surface area contributed by atoms with Gasteiger partial charge in [0.1, 0.15) is 11.4 Å². The Balaban J connectivity index is 1.94. The third-order valence-corrected chi connectivity index (χ3v) is 2.90. The number of pyridine rings is 1. The van der Waals surface area contributed by atoms with Crippen molar-refractivity contribution in [3.8, 4) is 0 Å². The molecule has 2 N–H and O–H groups in total. The maximum atomic E-state index is 12.2. The zero-order chi connectivity index (χ0) is 13.9. The van der Waals surface area contributed by atoms with Crippen molar-refractivity contribution >= 4 is 11.6 Å². The van der Waals surface area contributed by atoms with Crippen molar-refractivity contribution in [2.75, 3.05) is 0 Å². The molecular weight excluding hydrogens is 254 g/mol. The van der Waals surface area contributed by atoms with E-state index in [4.69, 9.17) is 0 Å². The predicted molar refractivity (Wildman–Crippen MR) is 72.7 cm³/mol. The molecule has 0 aliphatic carbocycles. The van der Waals surface area contributed by atoms with E-state index in [9.17, 15) is 9.59 Å². The lowest BCUT2D eigenvalue weighted by Crippen LogP contribution is -2.10. The fourth-order valence-electron chi connectivity index (χ4n) is 1.91. The molecule has 3 aromatic rings. The fourth-order valence-corrected chi connectivity index (χ4v) is 1.91. The zero-order valence-electron chi connectivity index (χ0n) is 10.5. The first kappa shape index (κ1) is 12.1.